The van der Waals surface area contributed by atoms with Gasteiger partial charge in [0, 0.05) is 0 Å². The highest BCUT2D eigenvalue weighted by molar-refractivity contribution is 7.89. The average Bonchev–Trinajstić information content (AvgIpc) is 2.66. The van der Waals surface area contributed by atoms with Crippen LogP contribution in [0, 0.1) is 0 Å². The molecule has 2 aromatic rings. The molecule has 2 aromatic carbocycles. The van der Waals surface area contributed by atoms with Gasteiger partial charge in [0.05, 0.1) is 9.79 Å². The second kappa shape index (κ2) is 8.37. The summed E-state index contributed by atoms with van der Waals surface area (Å²) in [7, 11) is -7.90. The number of rotatable bonds is 6. The van der Waals surface area contributed by atoms with Gasteiger partial charge in [-0.05, 0) is 24.3 Å². The van der Waals surface area contributed by atoms with Crippen molar-refractivity contribution in [2.75, 3.05) is 0 Å². The number of benzene rings is 2. The molecule has 2 rings (SSSR count). The molecule has 0 heterocycles. The Labute approximate surface area is 155 Å². The fourth-order valence-electron chi connectivity index (χ4n) is 1.67. The van der Waals surface area contributed by atoms with E-state index in [0.717, 1.165) is 0 Å². The van der Waals surface area contributed by atoms with Crippen LogP contribution in [0.1, 0.15) is 0 Å². The van der Waals surface area contributed by atoms with Gasteiger partial charge in [0.1, 0.15) is 0 Å². The van der Waals surface area contributed by atoms with Crippen LogP contribution < -0.4 is 21.1 Å². The standard InChI is InChI=1S/C14H16N6O5S2/c15-13(17-19-26(21,22)11-7-3-1-4-8-11)25-14(16)18-20-27(23,24)12-9-5-2-6-10-12/h1-10,19-20H,(H2,15,17)(H2,16,18). The summed E-state index contributed by atoms with van der Waals surface area (Å²) >= 11 is 0. The summed E-state index contributed by atoms with van der Waals surface area (Å²) in [6.45, 7) is 0. The highest BCUT2D eigenvalue weighted by atomic mass is 32.2. The fourth-order valence-corrected chi connectivity index (χ4v) is 3.33. The summed E-state index contributed by atoms with van der Waals surface area (Å²) in [5.74, 6) is 0. The largest absolute Gasteiger partial charge is 0.390 e. The van der Waals surface area contributed by atoms with Gasteiger partial charge in [-0.15, -0.1) is 10.2 Å². The molecule has 0 atom stereocenters. The SMILES string of the molecule is NC(=NNS(=O)(=O)c1ccccc1)OC(N)=NNS(=O)(=O)c1ccccc1. The highest BCUT2D eigenvalue weighted by Gasteiger charge is 2.14. The van der Waals surface area contributed by atoms with Gasteiger partial charge in [0.15, 0.2) is 0 Å². The van der Waals surface area contributed by atoms with Crippen LogP contribution in [0.15, 0.2) is 80.7 Å². The molecule has 0 saturated heterocycles. The Kier molecular flexibility index (Phi) is 6.20. The maximum absolute atomic E-state index is 12.0. The number of hydrazone groups is 2. The van der Waals surface area contributed by atoms with Crippen LogP contribution in [0.5, 0.6) is 0 Å². The van der Waals surface area contributed by atoms with Gasteiger partial charge in [-0.3, -0.25) is 0 Å². The summed E-state index contributed by atoms with van der Waals surface area (Å²) in [5, 5.41) is 6.62. The van der Waals surface area contributed by atoms with Crippen molar-refractivity contribution in [3.63, 3.8) is 0 Å². The molecular weight excluding hydrogens is 396 g/mol. The van der Waals surface area contributed by atoms with Crippen LogP contribution in [0.3, 0.4) is 0 Å². The molecule has 0 radical (unpaired) electrons. The molecule has 0 amide bonds. The molecular formula is C14H16N6O5S2. The minimum Gasteiger partial charge on any atom is -0.390 e. The minimum atomic E-state index is -3.95. The van der Waals surface area contributed by atoms with Gasteiger partial charge in [-0.25, -0.2) is 0 Å². The molecule has 0 aliphatic carbocycles. The summed E-state index contributed by atoms with van der Waals surface area (Å²) in [4.78, 5) is 3.59. The molecule has 0 spiro atoms. The third kappa shape index (κ3) is 5.86. The van der Waals surface area contributed by atoms with E-state index in [1.807, 2.05) is 9.66 Å². The second-order valence-corrected chi connectivity index (χ2v) is 8.14. The zero-order valence-electron chi connectivity index (χ0n) is 13.7. The minimum absolute atomic E-state index is 0.0428. The molecule has 0 aliphatic rings. The number of nitrogens with zero attached hydrogens (tertiary/aromatic N) is 2. The molecule has 13 heteroatoms. The Morgan fingerprint density at radius 1 is 0.704 bits per heavy atom. The number of ether oxygens (including phenoxy) is 1. The van der Waals surface area contributed by atoms with Crippen molar-refractivity contribution in [3.8, 4) is 0 Å². The van der Waals surface area contributed by atoms with Crippen molar-refractivity contribution < 1.29 is 21.6 Å². The number of hydrogen-bond acceptors (Lipinski definition) is 7. The smallest absolute Gasteiger partial charge is 0.312 e. The number of hydrogen-bond donors (Lipinski definition) is 4. The predicted octanol–water partition coefficient (Wildman–Crippen LogP) is -0.581. The lowest BCUT2D eigenvalue weighted by molar-refractivity contribution is 0.511. The Bertz CT molecular complexity index is 952. The Morgan fingerprint density at radius 2 is 1.04 bits per heavy atom. The first-order valence-electron chi connectivity index (χ1n) is 7.18. The molecule has 0 aliphatic heterocycles. The van der Waals surface area contributed by atoms with Crippen molar-refractivity contribution >= 4 is 32.1 Å². The van der Waals surface area contributed by atoms with Crippen molar-refractivity contribution in [1.29, 1.82) is 0 Å². The number of nitrogens with two attached hydrogens (primary N) is 2. The number of amidine groups is 2. The summed E-state index contributed by atoms with van der Waals surface area (Å²) < 4.78 is 52.5. The summed E-state index contributed by atoms with van der Waals surface area (Å²) in [6, 6.07) is 13.4. The zero-order chi connectivity index (χ0) is 19.9. The van der Waals surface area contributed by atoms with Crippen LogP contribution in [0.2, 0.25) is 0 Å². The number of sulfonamides is 2. The van der Waals surface area contributed by atoms with Crippen molar-refractivity contribution in [3.05, 3.63) is 60.7 Å². The van der Waals surface area contributed by atoms with Crippen LogP contribution in [-0.4, -0.2) is 28.9 Å². The molecule has 144 valence electrons. The topological polar surface area (TPSA) is 178 Å². The van der Waals surface area contributed by atoms with E-state index < -0.39 is 32.1 Å². The van der Waals surface area contributed by atoms with Crippen LogP contribution >= 0.6 is 0 Å². The molecule has 6 N–H and O–H groups in total. The quantitative estimate of drug-likeness (QED) is 0.278. The van der Waals surface area contributed by atoms with Crippen LogP contribution in [0.25, 0.3) is 0 Å². The Morgan fingerprint density at radius 3 is 1.37 bits per heavy atom. The van der Waals surface area contributed by atoms with Gasteiger partial charge in [-0.1, -0.05) is 36.4 Å². The lowest BCUT2D eigenvalue weighted by atomic mass is 10.4. The van der Waals surface area contributed by atoms with E-state index in [1.54, 1.807) is 12.1 Å². The van der Waals surface area contributed by atoms with Gasteiger partial charge in [-0.2, -0.15) is 26.5 Å². The second-order valence-electron chi connectivity index (χ2n) is 4.82. The van der Waals surface area contributed by atoms with Crippen LogP contribution in [-0.2, 0) is 24.8 Å². The highest BCUT2D eigenvalue weighted by Crippen LogP contribution is 2.07. The summed E-state index contributed by atoms with van der Waals surface area (Å²) in [5.41, 5.74) is 10.7. The molecule has 0 fully saturated rings. The van der Waals surface area contributed by atoms with E-state index in [-0.39, 0.29) is 9.79 Å². The molecule has 0 aromatic heterocycles. The van der Waals surface area contributed by atoms with E-state index in [1.165, 1.54) is 48.5 Å². The zero-order valence-corrected chi connectivity index (χ0v) is 15.3. The molecule has 0 unspecified atom stereocenters. The lowest BCUT2D eigenvalue weighted by Gasteiger charge is -2.06. The number of nitrogens with one attached hydrogen (secondary N) is 2. The van der Waals surface area contributed by atoms with Crippen molar-refractivity contribution in [2.24, 2.45) is 21.7 Å². The maximum Gasteiger partial charge on any atom is 0.312 e. The van der Waals surface area contributed by atoms with E-state index in [4.69, 9.17) is 16.2 Å². The van der Waals surface area contributed by atoms with Crippen molar-refractivity contribution in [2.45, 2.75) is 9.79 Å². The van der Waals surface area contributed by atoms with E-state index in [9.17, 15) is 16.8 Å². The normalized spacial score (nSPS) is 13.0. The fraction of sp³-hybridized carbons (Fsp3) is 0. The predicted molar refractivity (Wildman–Crippen MR) is 97.9 cm³/mol. The molecule has 27 heavy (non-hydrogen) atoms. The van der Waals surface area contributed by atoms with E-state index in [2.05, 4.69) is 10.2 Å². The maximum atomic E-state index is 12.0. The Hall–Kier alpha value is -3.32. The first-order valence-corrected chi connectivity index (χ1v) is 10.2. The summed E-state index contributed by atoms with van der Waals surface area (Å²) in [6.07, 6.45) is 0. The van der Waals surface area contributed by atoms with Crippen LogP contribution in [0.4, 0.5) is 0 Å². The average molecular weight is 412 g/mol. The van der Waals surface area contributed by atoms with Gasteiger partial charge in [0.25, 0.3) is 20.0 Å². The first-order chi connectivity index (χ1) is 12.7. The molecule has 11 nitrogen and oxygen atoms in total. The third-order valence-corrected chi connectivity index (χ3v) is 5.32. The third-order valence-electron chi connectivity index (χ3n) is 2.87. The van der Waals surface area contributed by atoms with Gasteiger partial charge in [0.2, 0.25) is 0 Å². The van der Waals surface area contributed by atoms with Gasteiger partial charge < -0.3 is 16.2 Å². The van der Waals surface area contributed by atoms with E-state index >= 15 is 0 Å². The van der Waals surface area contributed by atoms with Gasteiger partial charge >= 0.3 is 12.0 Å². The molecule has 0 saturated carbocycles. The molecule has 0 bridgehead atoms. The lowest BCUT2D eigenvalue weighted by Crippen LogP contribution is -2.32. The first kappa shape index (κ1) is 20.0. The van der Waals surface area contributed by atoms with Crippen molar-refractivity contribution in [1.82, 2.24) is 9.66 Å². The van der Waals surface area contributed by atoms with E-state index in [0.29, 0.717) is 0 Å². The Balaban J connectivity index is 1.99. The monoisotopic (exact) mass is 412 g/mol.